The van der Waals surface area contributed by atoms with Gasteiger partial charge in [-0.05, 0) is 81.9 Å². The number of anilines is 1. The van der Waals surface area contributed by atoms with E-state index in [9.17, 15) is 10.1 Å². The summed E-state index contributed by atoms with van der Waals surface area (Å²) in [5, 5.41) is 9.65. The van der Waals surface area contributed by atoms with E-state index < -0.39 is 0 Å². The van der Waals surface area contributed by atoms with Gasteiger partial charge in [0.15, 0.2) is 0 Å². The van der Waals surface area contributed by atoms with Crippen LogP contribution < -0.4 is 4.90 Å². The van der Waals surface area contributed by atoms with Gasteiger partial charge in [-0.15, -0.1) is 0 Å². The number of nitriles is 1. The molecule has 0 unspecified atom stereocenters. The van der Waals surface area contributed by atoms with Gasteiger partial charge >= 0.3 is 0 Å². The Morgan fingerprint density at radius 3 is 2.55 bits per heavy atom. The number of carbonyl (C=O) groups excluding carboxylic acids is 1. The molecule has 1 fully saturated rings. The minimum Gasteiger partial charge on any atom is -0.378 e. The molecule has 156 valence electrons. The van der Waals surface area contributed by atoms with Gasteiger partial charge in [-0.25, -0.2) is 0 Å². The molecule has 5 nitrogen and oxygen atoms in total. The van der Waals surface area contributed by atoms with Gasteiger partial charge in [0.05, 0.1) is 13.2 Å². The van der Waals surface area contributed by atoms with Gasteiger partial charge < -0.3 is 14.5 Å². The van der Waals surface area contributed by atoms with E-state index in [4.69, 9.17) is 4.74 Å². The average Bonchev–Trinajstić information content (AvgIpc) is 2.66. The van der Waals surface area contributed by atoms with Crippen LogP contribution in [0.1, 0.15) is 63.6 Å². The molecule has 3 rings (SSSR count). The van der Waals surface area contributed by atoms with Crippen LogP contribution in [0.2, 0.25) is 0 Å². The predicted octanol–water partition coefficient (Wildman–Crippen LogP) is 4.26. The van der Waals surface area contributed by atoms with E-state index in [1.165, 1.54) is 11.3 Å². The van der Waals surface area contributed by atoms with Crippen LogP contribution in [0.3, 0.4) is 0 Å². The van der Waals surface area contributed by atoms with Gasteiger partial charge in [0.2, 0.25) is 0 Å². The van der Waals surface area contributed by atoms with Gasteiger partial charge in [0.25, 0.3) is 5.91 Å². The molecule has 0 spiro atoms. The first-order valence-corrected chi connectivity index (χ1v) is 10.6. The Morgan fingerprint density at radius 1 is 1.31 bits per heavy atom. The maximum Gasteiger partial charge on any atom is 0.264 e. The number of nitrogens with zero attached hydrogens (tertiary/aromatic N) is 3. The summed E-state index contributed by atoms with van der Waals surface area (Å²) in [5.74, 6) is 0.217. The smallest absolute Gasteiger partial charge is 0.264 e. The number of benzene rings is 1. The predicted molar refractivity (Wildman–Crippen MR) is 117 cm³/mol. The second-order valence-electron chi connectivity index (χ2n) is 9.22. The van der Waals surface area contributed by atoms with Crippen LogP contribution in [0, 0.1) is 18.3 Å². The lowest BCUT2D eigenvalue weighted by Crippen LogP contribution is -2.51. The van der Waals surface area contributed by atoms with Gasteiger partial charge in [0, 0.05) is 30.4 Å². The standard InChI is InChI=1S/C24H33N3O2/c1-16(2)27-22-11-17(3)19(13-21(22)18(4)14-24(27,5)6)12-20(15-25)23(28)26-7-9-29-10-8-26/h11-13,16,18H,7-10,14H2,1-6H3/b20-12-/t18-/m0/s1. The first kappa shape index (κ1) is 21.4. The van der Waals surface area contributed by atoms with Crippen molar-refractivity contribution in [3.8, 4) is 6.07 Å². The summed E-state index contributed by atoms with van der Waals surface area (Å²) < 4.78 is 5.32. The number of morpholine rings is 1. The largest absolute Gasteiger partial charge is 0.378 e. The molecule has 0 bridgehead atoms. The highest BCUT2D eigenvalue weighted by Crippen LogP contribution is 2.45. The number of ether oxygens (including phenoxy) is 1. The summed E-state index contributed by atoms with van der Waals surface area (Å²) in [4.78, 5) is 17.0. The van der Waals surface area contributed by atoms with Gasteiger partial charge in [0.1, 0.15) is 11.6 Å². The summed E-state index contributed by atoms with van der Waals surface area (Å²) >= 11 is 0. The molecular weight excluding hydrogens is 362 g/mol. The Hall–Kier alpha value is -2.32. The van der Waals surface area contributed by atoms with Crippen molar-refractivity contribution in [3.63, 3.8) is 0 Å². The van der Waals surface area contributed by atoms with E-state index in [1.54, 1.807) is 11.0 Å². The zero-order valence-corrected chi connectivity index (χ0v) is 18.6. The molecule has 0 saturated carbocycles. The second kappa shape index (κ2) is 8.20. The first-order valence-electron chi connectivity index (χ1n) is 10.6. The molecule has 1 aromatic carbocycles. The molecule has 0 radical (unpaired) electrons. The van der Waals surface area contributed by atoms with E-state index >= 15 is 0 Å². The Balaban J connectivity index is 2.01. The molecule has 29 heavy (non-hydrogen) atoms. The third-order valence-corrected chi connectivity index (χ3v) is 6.13. The first-order chi connectivity index (χ1) is 13.7. The zero-order valence-electron chi connectivity index (χ0n) is 18.6. The molecule has 1 saturated heterocycles. The van der Waals surface area contributed by atoms with Crippen molar-refractivity contribution in [1.29, 1.82) is 5.26 Å². The Labute approximate surface area is 174 Å². The van der Waals surface area contributed by atoms with Gasteiger partial charge in [-0.2, -0.15) is 5.26 Å². The lowest BCUT2D eigenvalue weighted by atomic mass is 9.78. The molecule has 1 atom stereocenters. The number of aryl methyl sites for hydroxylation is 1. The summed E-state index contributed by atoms with van der Waals surface area (Å²) in [7, 11) is 0. The number of rotatable bonds is 3. The van der Waals surface area contributed by atoms with Crippen molar-refractivity contribution >= 4 is 17.7 Å². The van der Waals surface area contributed by atoms with Crippen LogP contribution in [-0.4, -0.2) is 48.7 Å². The number of fused-ring (bicyclic) bond motifs is 1. The lowest BCUT2D eigenvalue weighted by molar-refractivity contribution is -0.130. The SMILES string of the molecule is Cc1cc2c(cc1/C=C(/C#N)C(=O)N1CCOCC1)[C@@H](C)CC(C)(C)N2C(C)C. The molecule has 5 heteroatoms. The maximum absolute atomic E-state index is 12.8. The highest BCUT2D eigenvalue weighted by Gasteiger charge is 2.38. The summed E-state index contributed by atoms with van der Waals surface area (Å²) in [6.45, 7) is 15.6. The van der Waals surface area contributed by atoms with Crippen molar-refractivity contribution < 1.29 is 9.53 Å². The minimum atomic E-state index is -0.203. The summed E-state index contributed by atoms with van der Waals surface area (Å²) in [6, 6.07) is 6.94. The fourth-order valence-corrected chi connectivity index (χ4v) is 4.98. The van der Waals surface area contributed by atoms with Crippen molar-refractivity contribution in [2.45, 2.75) is 65.5 Å². The van der Waals surface area contributed by atoms with Crippen molar-refractivity contribution in [1.82, 2.24) is 4.90 Å². The minimum absolute atomic E-state index is 0.0918. The molecule has 0 aliphatic carbocycles. The van der Waals surface area contributed by atoms with E-state index in [2.05, 4.69) is 64.6 Å². The molecular formula is C24H33N3O2. The number of hydrogen-bond acceptors (Lipinski definition) is 4. The van der Waals surface area contributed by atoms with Crippen LogP contribution in [0.5, 0.6) is 0 Å². The number of carbonyl (C=O) groups is 1. The molecule has 2 aliphatic heterocycles. The number of amides is 1. The van der Waals surface area contributed by atoms with Crippen molar-refractivity contribution in [2.24, 2.45) is 0 Å². The molecule has 0 N–H and O–H groups in total. The highest BCUT2D eigenvalue weighted by molar-refractivity contribution is 6.02. The molecule has 2 aliphatic rings. The van der Waals surface area contributed by atoms with E-state index in [0.29, 0.717) is 38.3 Å². The Morgan fingerprint density at radius 2 is 1.97 bits per heavy atom. The highest BCUT2D eigenvalue weighted by atomic mass is 16.5. The van der Waals surface area contributed by atoms with E-state index in [0.717, 1.165) is 17.5 Å². The number of hydrogen-bond donors (Lipinski definition) is 0. The monoisotopic (exact) mass is 395 g/mol. The average molecular weight is 396 g/mol. The van der Waals surface area contributed by atoms with Crippen LogP contribution >= 0.6 is 0 Å². The second-order valence-corrected chi connectivity index (χ2v) is 9.22. The molecule has 1 aromatic rings. The van der Waals surface area contributed by atoms with Crippen molar-refractivity contribution in [3.05, 3.63) is 34.4 Å². The lowest BCUT2D eigenvalue weighted by Gasteiger charge is -2.50. The maximum atomic E-state index is 12.8. The Kier molecular flexibility index (Phi) is 6.05. The molecule has 2 heterocycles. The van der Waals surface area contributed by atoms with Crippen LogP contribution in [0.15, 0.2) is 17.7 Å². The normalized spacial score (nSPS) is 21.7. The zero-order chi connectivity index (χ0) is 21.3. The fraction of sp³-hybridized carbons (Fsp3) is 0.583. The van der Waals surface area contributed by atoms with Crippen LogP contribution in [-0.2, 0) is 9.53 Å². The van der Waals surface area contributed by atoms with E-state index in [-0.39, 0.29) is 17.0 Å². The van der Waals surface area contributed by atoms with Crippen LogP contribution in [0.4, 0.5) is 5.69 Å². The van der Waals surface area contributed by atoms with Crippen LogP contribution in [0.25, 0.3) is 6.08 Å². The molecule has 1 amide bonds. The Bertz CT molecular complexity index is 858. The van der Waals surface area contributed by atoms with Gasteiger partial charge in [-0.1, -0.05) is 6.92 Å². The fourth-order valence-electron chi connectivity index (χ4n) is 4.98. The third kappa shape index (κ3) is 4.18. The van der Waals surface area contributed by atoms with Crippen molar-refractivity contribution in [2.75, 3.05) is 31.2 Å². The van der Waals surface area contributed by atoms with E-state index in [1.807, 2.05) is 0 Å². The molecule has 0 aromatic heterocycles. The quantitative estimate of drug-likeness (QED) is 0.567. The summed E-state index contributed by atoms with van der Waals surface area (Å²) in [6.07, 6.45) is 2.84. The summed E-state index contributed by atoms with van der Waals surface area (Å²) in [5.41, 5.74) is 4.90. The third-order valence-electron chi connectivity index (χ3n) is 6.13. The van der Waals surface area contributed by atoms with Gasteiger partial charge in [-0.3, -0.25) is 4.79 Å². The topological polar surface area (TPSA) is 56.6 Å².